The molecule has 0 nitrogen and oxygen atoms in total. The van der Waals surface area contributed by atoms with Crippen molar-refractivity contribution in [3.8, 4) is 0 Å². The van der Waals surface area contributed by atoms with Crippen LogP contribution in [0.3, 0.4) is 0 Å². The van der Waals surface area contributed by atoms with E-state index in [-0.39, 0.29) is 0 Å². The summed E-state index contributed by atoms with van der Waals surface area (Å²) >= 11 is 4.58. The van der Waals surface area contributed by atoms with Gasteiger partial charge < -0.3 is 0 Å². The van der Waals surface area contributed by atoms with Gasteiger partial charge in [0, 0.05) is 9.77 Å². The van der Waals surface area contributed by atoms with E-state index < -0.39 is 11.1 Å². The number of rotatable bonds is 0. The van der Waals surface area contributed by atoms with Gasteiger partial charge >= 0.3 is 6.18 Å². The number of alkyl halides is 3. The van der Waals surface area contributed by atoms with E-state index in [0.29, 0.717) is 9.77 Å². The molecule has 0 bridgehead atoms. The second-order valence-corrected chi connectivity index (χ2v) is 3.79. The van der Waals surface area contributed by atoms with Crippen LogP contribution in [0.25, 0.3) is 0 Å². The molecule has 0 aliphatic rings. The highest BCUT2D eigenvalue weighted by atomic mass is 32.1. The molecule has 0 saturated heterocycles. The molecule has 11 heavy (non-hydrogen) atoms. The molecular formula is C6H5F3S2. The summed E-state index contributed by atoms with van der Waals surface area (Å²) in [7, 11) is 0. The van der Waals surface area contributed by atoms with Crippen molar-refractivity contribution in [1.82, 2.24) is 0 Å². The predicted molar refractivity (Wildman–Crippen MR) is 41.3 cm³/mol. The van der Waals surface area contributed by atoms with Gasteiger partial charge in [0.2, 0.25) is 0 Å². The fourth-order valence-corrected chi connectivity index (χ4v) is 1.75. The van der Waals surface area contributed by atoms with E-state index in [1.807, 2.05) is 0 Å². The summed E-state index contributed by atoms with van der Waals surface area (Å²) in [4.78, 5) is 0.419. The number of hydrogen-bond acceptors (Lipinski definition) is 2. The van der Waals surface area contributed by atoms with E-state index in [1.165, 1.54) is 0 Å². The third-order valence-corrected chi connectivity index (χ3v) is 2.88. The Kier molecular flexibility index (Phi) is 2.20. The maximum absolute atomic E-state index is 12.0. The summed E-state index contributed by atoms with van der Waals surface area (Å²) in [5, 5.41) is 0. The first-order valence-electron chi connectivity index (χ1n) is 2.78. The monoisotopic (exact) mass is 198 g/mol. The minimum atomic E-state index is -4.23. The lowest BCUT2D eigenvalue weighted by Gasteiger charge is -1.99. The molecule has 0 fully saturated rings. The van der Waals surface area contributed by atoms with Gasteiger partial charge in [-0.05, 0) is 13.0 Å². The third kappa shape index (κ3) is 1.90. The van der Waals surface area contributed by atoms with Crippen LogP contribution in [0.1, 0.15) is 9.75 Å². The summed E-state index contributed by atoms with van der Waals surface area (Å²) in [5.41, 5.74) is 0. The summed E-state index contributed by atoms with van der Waals surface area (Å²) in [6.45, 7) is 1.61. The van der Waals surface area contributed by atoms with E-state index in [1.54, 1.807) is 6.92 Å². The van der Waals surface area contributed by atoms with Crippen molar-refractivity contribution in [3.63, 3.8) is 0 Å². The molecule has 0 atom stereocenters. The van der Waals surface area contributed by atoms with Crippen molar-refractivity contribution in [1.29, 1.82) is 0 Å². The highest BCUT2D eigenvalue weighted by Gasteiger charge is 2.32. The van der Waals surface area contributed by atoms with Gasteiger partial charge in [0.05, 0.1) is 0 Å². The molecule has 0 aliphatic heterocycles. The molecule has 0 N–H and O–H groups in total. The van der Waals surface area contributed by atoms with Gasteiger partial charge in [-0.15, -0.1) is 24.0 Å². The van der Waals surface area contributed by atoms with E-state index in [2.05, 4.69) is 12.6 Å². The van der Waals surface area contributed by atoms with E-state index in [9.17, 15) is 13.2 Å². The van der Waals surface area contributed by atoms with Crippen LogP contribution in [0.2, 0.25) is 0 Å². The molecule has 0 saturated carbocycles. The number of aryl methyl sites for hydroxylation is 1. The Morgan fingerprint density at radius 1 is 1.45 bits per heavy atom. The highest BCUT2D eigenvalue weighted by Crippen LogP contribution is 2.37. The molecular weight excluding hydrogens is 193 g/mol. The van der Waals surface area contributed by atoms with Crippen LogP contribution >= 0.6 is 24.0 Å². The van der Waals surface area contributed by atoms with Crippen LogP contribution in [0.5, 0.6) is 0 Å². The highest BCUT2D eigenvalue weighted by molar-refractivity contribution is 7.80. The molecule has 1 heterocycles. The zero-order valence-electron chi connectivity index (χ0n) is 5.57. The third-order valence-electron chi connectivity index (χ3n) is 1.17. The molecule has 0 aromatic carbocycles. The average molecular weight is 198 g/mol. The Balaban J connectivity index is 3.08. The Morgan fingerprint density at radius 3 is 2.18 bits per heavy atom. The summed E-state index contributed by atoms with van der Waals surface area (Å²) in [6, 6.07) is 1.04. The van der Waals surface area contributed by atoms with E-state index >= 15 is 0 Å². The molecule has 1 rings (SSSR count). The first kappa shape index (κ1) is 8.93. The van der Waals surface area contributed by atoms with Crippen LogP contribution in [0.4, 0.5) is 13.2 Å². The first-order chi connectivity index (χ1) is 4.91. The van der Waals surface area contributed by atoms with Crippen LogP contribution in [-0.2, 0) is 6.18 Å². The molecule has 0 spiro atoms. The minimum absolute atomic E-state index is 0.405. The minimum Gasteiger partial charge on any atom is -0.165 e. The van der Waals surface area contributed by atoms with Crippen molar-refractivity contribution in [2.75, 3.05) is 0 Å². The van der Waals surface area contributed by atoms with Crippen molar-refractivity contribution >= 4 is 24.0 Å². The lowest BCUT2D eigenvalue weighted by Crippen LogP contribution is -2.00. The molecule has 0 amide bonds. The normalized spacial score (nSPS) is 12.1. The molecule has 5 heteroatoms. The molecule has 1 aromatic rings. The first-order valence-corrected chi connectivity index (χ1v) is 4.04. The fraction of sp³-hybridized carbons (Fsp3) is 0.333. The van der Waals surface area contributed by atoms with Gasteiger partial charge in [0.15, 0.2) is 0 Å². The Morgan fingerprint density at radius 2 is 2.00 bits per heavy atom. The summed E-state index contributed by atoms with van der Waals surface area (Å²) in [5.74, 6) is 0. The van der Waals surface area contributed by atoms with Gasteiger partial charge in [-0.1, -0.05) is 0 Å². The van der Waals surface area contributed by atoms with Gasteiger partial charge in [-0.25, -0.2) is 0 Å². The zero-order chi connectivity index (χ0) is 8.65. The maximum atomic E-state index is 12.0. The Labute approximate surface area is 71.5 Å². The smallest absolute Gasteiger partial charge is 0.165 e. The lowest BCUT2D eigenvalue weighted by atomic mass is 10.4. The van der Waals surface area contributed by atoms with Crippen LogP contribution in [0, 0.1) is 6.92 Å². The quantitative estimate of drug-likeness (QED) is 0.607. The molecule has 0 unspecified atom stereocenters. The van der Waals surface area contributed by atoms with Crippen LogP contribution in [0.15, 0.2) is 11.0 Å². The molecule has 1 aromatic heterocycles. The van der Waals surface area contributed by atoms with Gasteiger partial charge in [0.1, 0.15) is 4.88 Å². The SMILES string of the molecule is Cc1sc(C(F)(F)F)cc1S. The van der Waals surface area contributed by atoms with Crippen molar-refractivity contribution in [2.45, 2.75) is 18.0 Å². The van der Waals surface area contributed by atoms with Crippen LogP contribution in [-0.4, -0.2) is 0 Å². The van der Waals surface area contributed by atoms with Gasteiger partial charge in [0.25, 0.3) is 0 Å². The molecule has 0 radical (unpaired) electrons. The largest absolute Gasteiger partial charge is 0.425 e. The molecule has 0 aliphatic carbocycles. The standard InChI is InChI=1S/C6H5F3S2/c1-3-4(10)2-5(11-3)6(7,8)9/h2,10H,1H3. The van der Waals surface area contributed by atoms with Crippen LogP contribution < -0.4 is 0 Å². The molecule has 62 valence electrons. The zero-order valence-corrected chi connectivity index (χ0v) is 7.28. The van der Waals surface area contributed by atoms with Crippen molar-refractivity contribution in [2.24, 2.45) is 0 Å². The topological polar surface area (TPSA) is 0 Å². The predicted octanol–water partition coefficient (Wildman–Crippen LogP) is 3.36. The number of halogens is 3. The number of hydrogen-bond donors (Lipinski definition) is 1. The van der Waals surface area contributed by atoms with Crippen molar-refractivity contribution in [3.05, 3.63) is 15.8 Å². The van der Waals surface area contributed by atoms with Crippen molar-refractivity contribution < 1.29 is 13.2 Å². The summed E-state index contributed by atoms with van der Waals surface area (Å²) in [6.07, 6.45) is -4.23. The number of thiol groups is 1. The fourth-order valence-electron chi connectivity index (χ4n) is 0.612. The van der Waals surface area contributed by atoms with E-state index in [0.717, 1.165) is 17.4 Å². The number of thiophene rings is 1. The second kappa shape index (κ2) is 2.71. The van der Waals surface area contributed by atoms with Gasteiger partial charge in [-0.3, -0.25) is 0 Å². The second-order valence-electron chi connectivity index (χ2n) is 2.05. The Hall–Kier alpha value is -0.160. The lowest BCUT2D eigenvalue weighted by molar-refractivity contribution is -0.134. The summed E-state index contributed by atoms with van der Waals surface area (Å²) < 4.78 is 35.9. The van der Waals surface area contributed by atoms with E-state index in [4.69, 9.17) is 0 Å². The maximum Gasteiger partial charge on any atom is 0.425 e. The Bertz CT molecular complexity index is 242. The average Bonchev–Trinajstić information content (AvgIpc) is 2.11. The van der Waals surface area contributed by atoms with Gasteiger partial charge in [-0.2, -0.15) is 13.2 Å².